The van der Waals surface area contributed by atoms with Crippen LogP contribution in [-0.4, -0.2) is 21.2 Å². The summed E-state index contributed by atoms with van der Waals surface area (Å²) >= 11 is 0. The average molecular weight is 190 g/mol. The number of hydrogen-bond donors (Lipinski definition) is 0. The maximum Gasteiger partial charge on any atom is 0.450 e. The first-order valence-corrected chi connectivity index (χ1v) is 5.39. The van der Waals surface area contributed by atoms with E-state index < -0.39 is 9.28 Å². The Kier molecular flexibility index (Phi) is 4.57. The fraction of sp³-hybridized carbons (Fsp3) is 0.714. The summed E-state index contributed by atoms with van der Waals surface area (Å²) < 4.78 is 9.76. The SMILES string of the molecule is CC(=O)O[SiH](OC(C)=O)C(C)C. The van der Waals surface area contributed by atoms with E-state index in [1.807, 2.05) is 13.8 Å². The molecule has 4 nitrogen and oxygen atoms in total. The summed E-state index contributed by atoms with van der Waals surface area (Å²) in [7, 11) is -2.12. The van der Waals surface area contributed by atoms with Gasteiger partial charge in [0.2, 0.25) is 0 Å². The molecule has 0 unspecified atom stereocenters. The predicted molar refractivity (Wildman–Crippen MR) is 45.8 cm³/mol. The lowest BCUT2D eigenvalue weighted by atomic mass is 10.6. The second-order valence-electron chi connectivity index (χ2n) is 2.83. The van der Waals surface area contributed by atoms with Crippen molar-refractivity contribution in [3.8, 4) is 0 Å². The minimum absolute atomic E-state index is 0.109. The van der Waals surface area contributed by atoms with Gasteiger partial charge in [-0.15, -0.1) is 0 Å². The van der Waals surface area contributed by atoms with E-state index in [0.717, 1.165) is 0 Å². The number of carbonyl (C=O) groups excluding carboxylic acids is 2. The largest absolute Gasteiger partial charge is 0.487 e. The van der Waals surface area contributed by atoms with Crippen LogP contribution in [0.1, 0.15) is 27.7 Å². The zero-order valence-corrected chi connectivity index (χ0v) is 8.94. The Hall–Kier alpha value is -0.843. The fourth-order valence-corrected chi connectivity index (χ4v) is 1.87. The monoisotopic (exact) mass is 190 g/mol. The van der Waals surface area contributed by atoms with Gasteiger partial charge in [-0.3, -0.25) is 9.59 Å². The molecule has 0 bridgehead atoms. The predicted octanol–water partition coefficient (Wildman–Crippen LogP) is 0.743. The van der Waals surface area contributed by atoms with Crippen molar-refractivity contribution in [3.05, 3.63) is 0 Å². The van der Waals surface area contributed by atoms with Crippen LogP contribution in [0.4, 0.5) is 0 Å². The molecular weight excluding hydrogens is 176 g/mol. The molecule has 0 saturated heterocycles. The van der Waals surface area contributed by atoms with Gasteiger partial charge >= 0.3 is 9.28 Å². The number of rotatable bonds is 3. The Morgan fingerprint density at radius 1 is 1.08 bits per heavy atom. The highest BCUT2D eigenvalue weighted by atomic mass is 28.3. The summed E-state index contributed by atoms with van der Waals surface area (Å²) in [5, 5.41) is 0. The van der Waals surface area contributed by atoms with Crippen molar-refractivity contribution in [2.75, 3.05) is 0 Å². The Labute approximate surface area is 73.7 Å². The third-order valence-corrected chi connectivity index (χ3v) is 3.33. The van der Waals surface area contributed by atoms with Crippen LogP contribution in [-0.2, 0) is 18.4 Å². The second kappa shape index (κ2) is 4.92. The maximum atomic E-state index is 10.6. The molecule has 0 fully saturated rings. The zero-order chi connectivity index (χ0) is 9.72. The molecule has 12 heavy (non-hydrogen) atoms. The maximum absolute atomic E-state index is 10.6. The lowest BCUT2D eigenvalue weighted by Gasteiger charge is -2.17. The van der Waals surface area contributed by atoms with E-state index in [2.05, 4.69) is 0 Å². The van der Waals surface area contributed by atoms with Gasteiger partial charge in [-0.1, -0.05) is 13.8 Å². The van der Waals surface area contributed by atoms with Crippen LogP contribution in [0.25, 0.3) is 0 Å². The van der Waals surface area contributed by atoms with Gasteiger partial charge in [-0.05, 0) is 0 Å². The first-order chi connectivity index (χ1) is 5.43. The van der Waals surface area contributed by atoms with Gasteiger partial charge in [0.25, 0.3) is 11.9 Å². The fourth-order valence-electron chi connectivity index (χ4n) is 0.623. The topological polar surface area (TPSA) is 52.6 Å². The third kappa shape index (κ3) is 4.89. The summed E-state index contributed by atoms with van der Waals surface area (Å²) in [6.07, 6.45) is 0. The highest BCUT2D eigenvalue weighted by Crippen LogP contribution is 2.10. The molecule has 5 heteroatoms. The highest BCUT2D eigenvalue weighted by Gasteiger charge is 2.24. The molecule has 0 aromatic heterocycles. The molecule has 70 valence electrons. The summed E-state index contributed by atoms with van der Waals surface area (Å²) in [4.78, 5) is 21.1. The van der Waals surface area contributed by atoms with Gasteiger partial charge in [0.15, 0.2) is 0 Å². The molecule has 0 N–H and O–H groups in total. The van der Waals surface area contributed by atoms with Gasteiger partial charge in [0.05, 0.1) is 0 Å². The van der Waals surface area contributed by atoms with Crippen molar-refractivity contribution in [2.24, 2.45) is 0 Å². The molecule has 0 aromatic carbocycles. The zero-order valence-electron chi connectivity index (χ0n) is 7.79. The normalized spacial score (nSPS) is 10.2. The minimum atomic E-state index is -2.12. The summed E-state index contributed by atoms with van der Waals surface area (Å²) in [5.74, 6) is -0.775. The van der Waals surface area contributed by atoms with Crippen LogP contribution in [0.2, 0.25) is 5.54 Å². The molecular formula is C7H14O4Si. The van der Waals surface area contributed by atoms with Crippen molar-refractivity contribution in [3.63, 3.8) is 0 Å². The van der Waals surface area contributed by atoms with Gasteiger partial charge in [0, 0.05) is 19.4 Å². The van der Waals surface area contributed by atoms with Gasteiger partial charge in [0.1, 0.15) is 0 Å². The van der Waals surface area contributed by atoms with E-state index in [9.17, 15) is 9.59 Å². The molecule has 0 aliphatic rings. The van der Waals surface area contributed by atoms with E-state index in [0.29, 0.717) is 0 Å². The molecule has 0 rings (SSSR count). The summed E-state index contributed by atoms with van der Waals surface area (Å²) in [6, 6.07) is 0. The molecule has 0 aliphatic heterocycles. The van der Waals surface area contributed by atoms with Crippen molar-refractivity contribution in [2.45, 2.75) is 33.2 Å². The Morgan fingerprint density at radius 3 is 1.58 bits per heavy atom. The summed E-state index contributed by atoms with van der Waals surface area (Å²) in [6.45, 7) is 6.35. The van der Waals surface area contributed by atoms with E-state index in [4.69, 9.17) is 8.85 Å². The second-order valence-corrected chi connectivity index (χ2v) is 5.37. The van der Waals surface area contributed by atoms with Crippen LogP contribution in [0.5, 0.6) is 0 Å². The molecule has 0 heterocycles. The standard InChI is InChI=1S/C7H14O4Si/c1-5(2)12(10-6(3)8)11-7(4)9/h5,12H,1-4H3. The first-order valence-electron chi connectivity index (χ1n) is 3.78. The van der Waals surface area contributed by atoms with Crippen molar-refractivity contribution in [1.29, 1.82) is 0 Å². The molecule has 0 aromatic rings. The van der Waals surface area contributed by atoms with Crippen LogP contribution in [0.3, 0.4) is 0 Å². The van der Waals surface area contributed by atoms with E-state index in [1.54, 1.807) is 0 Å². The highest BCUT2D eigenvalue weighted by molar-refractivity contribution is 6.50. The lowest BCUT2D eigenvalue weighted by Crippen LogP contribution is -2.30. The van der Waals surface area contributed by atoms with Gasteiger partial charge in [-0.25, -0.2) is 0 Å². The molecule has 0 atom stereocenters. The Morgan fingerprint density at radius 2 is 1.42 bits per heavy atom. The summed E-state index contributed by atoms with van der Waals surface area (Å²) in [5.41, 5.74) is 0.109. The molecule has 0 aliphatic carbocycles. The van der Waals surface area contributed by atoms with Crippen LogP contribution >= 0.6 is 0 Å². The smallest absolute Gasteiger partial charge is 0.450 e. The minimum Gasteiger partial charge on any atom is -0.487 e. The van der Waals surface area contributed by atoms with E-state index in [-0.39, 0.29) is 17.5 Å². The third-order valence-electron chi connectivity index (χ3n) is 1.11. The number of hydrogen-bond acceptors (Lipinski definition) is 4. The lowest BCUT2D eigenvalue weighted by molar-refractivity contribution is -0.137. The molecule has 0 amide bonds. The van der Waals surface area contributed by atoms with E-state index in [1.165, 1.54) is 13.8 Å². The average Bonchev–Trinajstić information content (AvgIpc) is 1.83. The van der Waals surface area contributed by atoms with Gasteiger partial charge < -0.3 is 8.85 Å². The molecule has 0 spiro atoms. The van der Waals surface area contributed by atoms with Crippen LogP contribution in [0.15, 0.2) is 0 Å². The Balaban J connectivity index is 4.04. The molecule has 0 saturated carbocycles. The van der Waals surface area contributed by atoms with Crippen LogP contribution in [0, 0.1) is 0 Å². The van der Waals surface area contributed by atoms with Gasteiger partial charge in [-0.2, -0.15) is 0 Å². The quantitative estimate of drug-likeness (QED) is 0.616. The van der Waals surface area contributed by atoms with Crippen molar-refractivity contribution >= 4 is 21.2 Å². The van der Waals surface area contributed by atoms with E-state index >= 15 is 0 Å². The number of carbonyl (C=O) groups is 2. The Bertz CT molecular complexity index is 162. The van der Waals surface area contributed by atoms with Crippen molar-refractivity contribution in [1.82, 2.24) is 0 Å². The van der Waals surface area contributed by atoms with Crippen molar-refractivity contribution < 1.29 is 18.4 Å². The molecule has 0 radical (unpaired) electrons. The van der Waals surface area contributed by atoms with Crippen LogP contribution < -0.4 is 0 Å². The first kappa shape index (κ1) is 11.2.